The van der Waals surface area contributed by atoms with Gasteiger partial charge in [-0.25, -0.2) is 9.48 Å². The average Bonchev–Trinajstić information content (AvgIpc) is 3.48. The van der Waals surface area contributed by atoms with Crippen molar-refractivity contribution in [2.24, 2.45) is 0 Å². The summed E-state index contributed by atoms with van der Waals surface area (Å²) in [6, 6.07) is 31.0. The third kappa shape index (κ3) is 7.80. The van der Waals surface area contributed by atoms with Gasteiger partial charge in [0.25, 0.3) is 0 Å². The molecule has 0 bridgehead atoms. The normalized spacial score (nSPS) is 14.3. The number of rotatable bonds is 10. The van der Waals surface area contributed by atoms with E-state index >= 15 is 0 Å². The van der Waals surface area contributed by atoms with Gasteiger partial charge in [-0.1, -0.05) is 133 Å². The molecule has 1 N–H and O–H groups in total. The van der Waals surface area contributed by atoms with E-state index in [1.807, 2.05) is 79.7 Å². The molecule has 1 unspecified atom stereocenters. The zero-order valence-electron chi connectivity index (χ0n) is 27.2. The van der Waals surface area contributed by atoms with E-state index in [0.717, 1.165) is 26.7 Å². The highest BCUT2D eigenvalue weighted by Gasteiger charge is 2.37. The number of hydrogen-bond donors (Lipinski definition) is 1. The number of hydrogen-bond acceptors (Lipinski definition) is 7. The standard InChI is InChI=1S/C38H36BrClN4O3S/c1-24-33(35(45)47-22-25-10-6-5-7-11-25)34(44-36(41-24)42-37(43-44)48-23-27-12-8-9-13-31(27)40)30-20-29(39)18-19-32(30)46-21-26-14-16-28(17-15-26)38(2,3)4/h5-20,34H,21-23H2,1-4H3,(H,41,42,43). The molecule has 7 nitrogen and oxygen atoms in total. The summed E-state index contributed by atoms with van der Waals surface area (Å²) in [5.41, 5.74) is 6.03. The van der Waals surface area contributed by atoms with Crippen LogP contribution in [0.25, 0.3) is 0 Å². The number of thioether (sulfide) groups is 1. The van der Waals surface area contributed by atoms with Gasteiger partial charge in [0.05, 0.1) is 5.57 Å². The summed E-state index contributed by atoms with van der Waals surface area (Å²) in [6.07, 6.45) is 0. The van der Waals surface area contributed by atoms with Gasteiger partial charge < -0.3 is 14.8 Å². The van der Waals surface area contributed by atoms with Crippen molar-refractivity contribution in [3.63, 3.8) is 0 Å². The van der Waals surface area contributed by atoms with E-state index in [9.17, 15) is 4.79 Å². The lowest BCUT2D eigenvalue weighted by atomic mass is 9.87. The quantitative estimate of drug-likeness (QED) is 0.113. The molecule has 2 heterocycles. The van der Waals surface area contributed by atoms with Gasteiger partial charge >= 0.3 is 5.97 Å². The van der Waals surface area contributed by atoms with Gasteiger partial charge in [0.2, 0.25) is 11.1 Å². The van der Waals surface area contributed by atoms with E-state index in [1.165, 1.54) is 17.3 Å². The number of esters is 1. The second-order valence-corrected chi connectivity index (χ2v) is 14.9. The molecular weight excluding hydrogens is 708 g/mol. The van der Waals surface area contributed by atoms with Crippen LogP contribution in [0.15, 0.2) is 118 Å². The highest BCUT2D eigenvalue weighted by atomic mass is 79.9. The van der Waals surface area contributed by atoms with E-state index in [0.29, 0.717) is 45.5 Å². The van der Waals surface area contributed by atoms with Crippen LogP contribution in [-0.4, -0.2) is 20.7 Å². The number of anilines is 1. The Kier molecular flexibility index (Phi) is 10.3. The maximum absolute atomic E-state index is 14.0. The molecule has 0 saturated heterocycles. The summed E-state index contributed by atoms with van der Waals surface area (Å²) in [6.45, 7) is 8.94. The Bertz CT molecular complexity index is 1960. The maximum atomic E-state index is 14.0. The van der Waals surface area contributed by atoms with Crippen LogP contribution in [0.4, 0.5) is 5.95 Å². The molecule has 0 aliphatic carbocycles. The highest BCUT2D eigenvalue weighted by molar-refractivity contribution is 9.10. The van der Waals surface area contributed by atoms with Crippen molar-refractivity contribution in [3.8, 4) is 5.75 Å². The molecule has 0 saturated carbocycles. The van der Waals surface area contributed by atoms with Crippen molar-refractivity contribution in [1.29, 1.82) is 0 Å². The molecule has 1 aromatic heterocycles. The van der Waals surface area contributed by atoms with E-state index in [-0.39, 0.29) is 12.0 Å². The molecule has 4 aromatic carbocycles. The first kappa shape index (κ1) is 33.8. The number of halogens is 2. The molecule has 1 atom stereocenters. The number of nitrogens with zero attached hydrogens (tertiary/aromatic N) is 3. The summed E-state index contributed by atoms with van der Waals surface area (Å²) in [5, 5.41) is 9.45. The van der Waals surface area contributed by atoms with Crippen LogP contribution >= 0.6 is 39.3 Å². The van der Waals surface area contributed by atoms with Crippen LogP contribution in [0, 0.1) is 0 Å². The number of carbonyl (C=O) groups is 1. The molecule has 1 aliphatic heterocycles. The molecular formula is C38H36BrClN4O3S. The van der Waals surface area contributed by atoms with Crippen molar-refractivity contribution < 1.29 is 14.3 Å². The van der Waals surface area contributed by atoms with Gasteiger partial charge in [-0.2, -0.15) is 4.98 Å². The van der Waals surface area contributed by atoms with Crippen molar-refractivity contribution in [1.82, 2.24) is 14.8 Å². The molecule has 48 heavy (non-hydrogen) atoms. The monoisotopic (exact) mass is 742 g/mol. The van der Waals surface area contributed by atoms with Crippen LogP contribution in [0.1, 0.15) is 61.6 Å². The van der Waals surface area contributed by atoms with E-state index in [2.05, 4.69) is 66.3 Å². The molecule has 0 fully saturated rings. The van der Waals surface area contributed by atoms with Crippen LogP contribution in [-0.2, 0) is 33.9 Å². The van der Waals surface area contributed by atoms with Gasteiger partial charge in [-0.05, 0) is 58.9 Å². The summed E-state index contributed by atoms with van der Waals surface area (Å²) >= 11 is 11.6. The molecule has 246 valence electrons. The Morgan fingerprint density at radius 2 is 1.67 bits per heavy atom. The zero-order chi connectivity index (χ0) is 33.8. The van der Waals surface area contributed by atoms with Crippen LogP contribution < -0.4 is 10.1 Å². The smallest absolute Gasteiger partial charge is 0.338 e. The average molecular weight is 744 g/mol. The van der Waals surface area contributed by atoms with E-state index < -0.39 is 12.0 Å². The van der Waals surface area contributed by atoms with Crippen molar-refractivity contribution in [2.45, 2.75) is 63.3 Å². The fourth-order valence-electron chi connectivity index (χ4n) is 5.43. The lowest BCUT2D eigenvalue weighted by molar-refractivity contribution is -0.140. The number of ether oxygens (including phenoxy) is 2. The molecule has 6 rings (SSSR count). The van der Waals surface area contributed by atoms with Gasteiger partial charge in [-0.3, -0.25) is 0 Å². The van der Waals surface area contributed by atoms with Gasteiger partial charge in [0, 0.05) is 26.5 Å². The summed E-state index contributed by atoms with van der Waals surface area (Å²) < 4.78 is 15.0. The number of benzene rings is 4. The minimum absolute atomic E-state index is 0.0585. The first-order valence-electron chi connectivity index (χ1n) is 15.6. The Balaban J connectivity index is 1.35. The van der Waals surface area contributed by atoms with Crippen LogP contribution in [0.5, 0.6) is 5.75 Å². The largest absolute Gasteiger partial charge is 0.489 e. The number of nitrogens with one attached hydrogen (secondary N) is 1. The third-order valence-electron chi connectivity index (χ3n) is 8.06. The van der Waals surface area contributed by atoms with Gasteiger partial charge in [0.15, 0.2) is 0 Å². The number of allylic oxidation sites excluding steroid dienone is 1. The van der Waals surface area contributed by atoms with E-state index in [1.54, 1.807) is 4.68 Å². The van der Waals surface area contributed by atoms with Crippen molar-refractivity contribution in [2.75, 3.05) is 5.32 Å². The molecule has 0 amide bonds. The third-order valence-corrected chi connectivity index (χ3v) is 9.81. The predicted octanol–water partition coefficient (Wildman–Crippen LogP) is 9.90. The Morgan fingerprint density at radius 3 is 2.40 bits per heavy atom. The van der Waals surface area contributed by atoms with Crippen molar-refractivity contribution in [3.05, 3.63) is 146 Å². The SMILES string of the molecule is CC1=C(C(=O)OCc2ccccc2)C(c2cc(Br)ccc2OCc2ccc(C(C)(C)C)cc2)n2nc(SCc3ccccc3Cl)nc2N1. The molecule has 0 spiro atoms. The maximum Gasteiger partial charge on any atom is 0.338 e. The Morgan fingerprint density at radius 1 is 0.958 bits per heavy atom. The van der Waals surface area contributed by atoms with Crippen LogP contribution in [0.3, 0.4) is 0 Å². The minimum atomic E-state index is -0.678. The second kappa shape index (κ2) is 14.6. The zero-order valence-corrected chi connectivity index (χ0v) is 30.3. The minimum Gasteiger partial charge on any atom is -0.489 e. The molecule has 5 aromatic rings. The van der Waals surface area contributed by atoms with Crippen LogP contribution in [0.2, 0.25) is 5.02 Å². The lowest BCUT2D eigenvalue weighted by Gasteiger charge is -2.29. The number of fused-ring (bicyclic) bond motifs is 1. The summed E-state index contributed by atoms with van der Waals surface area (Å²) in [4.78, 5) is 18.8. The Labute approximate surface area is 298 Å². The molecule has 1 aliphatic rings. The lowest BCUT2D eigenvalue weighted by Crippen LogP contribution is -2.30. The molecule has 0 radical (unpaired) electrons. The first-order chi connectivity index (χ1) is 23.1. The first-order valence-corrected chi connectivity index (χ1v) is 17.8. The summed E-state index contributed by atoms with van der Waals surface area (Å²) in [7, 11) is 0. The fourth-order valence-corrected chi connectivity index (χ4v) is 6.92. The molecule has 10 heteroatoms. The van der Waals surface area contributed by atoms with Crippen molar-refractivity contribution >= 4 is 51.2 Å². The summed E-state index contributed by atoms with van der Waals surface area (Å²) in [5.74, 6) is 1.27. The fraction of sp³-hybridized carbons (Fsp3) is 0.237. The highest BCUT2D eigenvalue weighted by Crippen LogP contribution is 2.42. The van der Waals surface area contributed by atoms with Gasteiger partial charge in [0.1, 0.15) is 25.0 Å². The Hall–Kier alpha value is -4.05. The van der Waals surface area contributed by atoms with E-state index in [4.69, 9.17) is 31.2 Å². The second-order valence-electron chi connectivity index (χ2n) is 12.6. The number of aromatic nitrogens is 3. The topological polar surface area (TPSA) is 78.3 Å². The van der Waals surface area contributed by atoms with Gasteiger partial charge in [-0.15, -0.1) is 5.10 Å². The predicted molar refractivity (Wildman–Crippen MR) is 195 cm³/mol. The number of carbonyl (C=O) groups excluding carboxylic acids is 1.